The Bertz CT molecular complexity index is 711. The number of amides is 1. The van der Waals surface area contributed by atoms with E-state index >= 15 is 0 Å². The first-order valence-electron chi connectivity index (χ1n) is 5.69. The molecule has 0 spiro atoms. The SMILES string of the molecule is Nc1c(Cl)cc(NC(=O)c2cccc([N+](=O)[O-])c2)cc1Cl. The van der Waals surface area contributed by atoms with E-state index in [0.717, 1.165) is 0 Å². The van der Waals surface area contributed by atoms with E-state index in [-0.39, 0.29) is 27.0 Å². The number of nitrogens with two attached hydrogens (primary N) is 1. The summed E-state index contributed by atoms with van der Waals surface area (Å²) in [5.41, 5.74) is 6.13. The molecule has 2 rings (SSSR count). The Morgan fingerprint density at radius 3 is 2.38 bits per heavy atom. The maximum Gasteiger partial charge on any atom is 0.270 e. The van der Waals surface area contributed by atoms with Gasteiger partial charge >= 0.3 is 0 Å². The standard InChI is InChI=1S/C13H9Cl2N3O3/c14-10-5-8(6-11(15)12(10)16)17-13(19)7-2-1-3-9(4-7)18(20)21/h1-6H,16H2,(H,17,19). The van der Waals surface area contributed by atoms with Crippen LogP contribution in [0.2, 0.25) is 10.0 Å². The Morgan fingerprint density at radius 1 is 1.19 bits per heavy atom. The van der Waals surface area contributed by atoms with Gasteiger partial charge in [0, 0.05) is 23.4 Å². The molecule has 6 nitrogen and oxygen atoms in total. The van der Waals surface area contributed by atoms with Gasteiger partial charge in [0.25, 0.3) is 11.6 Å². The van der Waals surface area contributed by atoms with Gasteiger partial charge in [-0.3, -0.25) is 14.9 Å². The van der Waals surface area contributed by atoms with Crippen LogP contribution in [0.1, 0.15) is 10.4 Å². The van der Waals surface area contributed by atoms with Crippen molar-refractivity contribution in [3.05, 3.63) is 62.1 Å². The molecule has 0 radical (unpaired) electrons. The number of non-ortho nitro benzene ring substituents is 1. The summed E-state index contributed by atoms with van der Waals surface area (Å²) in [6.07, 6.45) is 0. The molecule has 21 heavy (non-hydrogen) atoms. The summed E-state index contributed by atoms with van der Waals surface area (Å²) in [4.78, 5) is 22.2. The molecule has 0 aliphatic carbocycles. The van der Waals surface area contributed by atoms with E-state index in [1.165, 1.54) is 36.4 Å². The molecule has 0 atom stereocenters. The maximum absolute atomic E-state index is 12.0. The molecule has 0 unspecified atom stereocenters. The molecular weight excluding hydrogens is 317 g/mol. The third-order valence-electron chi connectivity index (χ3n) is 2.66. The second-order valence-electron chi connectivity index (χ2n) is 4.12. The van der Waals surface area contributed by atoms with Gasteiger partial charge in [-0.1, -0.05) is 29.3 Å². The highest BCUT2D eigenvalue weighted by atomic mass is 35.5. The molecule has 0 aliphatic heterocycles. The minimum Gasteiger partial charge on any atom is -0.396 e. The summed E-state index contributed by atoms with van der Waals surface area (Å²) < 4.78 is 0. The zero-order valence-corrected chi connectivity index (χ0v) is 12.0. The van der Waals surface area contributed by atoms with Crippen LogP contribution in [0.15, 0.2) is 36.4 Å². The molecule has 0 aliphatic rings. The lowest BCUT2D eigenvalue weighted by atomic mass is 10.2. The van der Waals surface area contributed by atoms with Crippen LogP contribution < -0.4 is 11.1 Å². The third kappa shape index (κ3) is 3.42. The fraction of sp³-hybridized carbons (Fsp3) is 0. The number of carbonyl (C=O) groups excluding carboxylic acids is 1. The van der Waals surface area contributed by atoms with E-state index in [4.69, 9.17) is 28.9 Å². The molecule has 3 N–H and O–H groups in total. The highest BCUT2D eigenvalue weighted by Gasteiger charge is 2.13. The van der Waals surface area contributed by atoms with Crippen molar-refractivity contribution in [3.63, 3.8) is 0 Å². The lowest BCUT2D eigenvalue weighted by molar-refractivity contribution is -0.384. The summed E-state index contributed by atoms with van der Waals surface area (Å²) in [6, 6.07) is 8.25. The van der Waals surface area contributed by atoms with Crippen molar-refractivity contribution in [1.82, 2.24) is 0 Å². The van der Waals surface area contributed by atoms with Crippen LogP contribution in [0.5, 0.6) is 0 Å². The van der Waals surface area contributed by atoms with Gasteiger partial charge in [0.1, 0.15) is 0 Å². The smallest absolute Gasteiger partial charge is 0.270 e. The Hall–Kier alpha value is -2.31. The molecule has 0 heterocycles. The first kappa shape index (κ1) is 15.1. The van der Waals surface area contributed by atoms with Crippen LogP contribution in [0.4, 0.5) is 17.1 Å². The number of hydrogen-bond donors (Lipinski definition) is 2. The number of halogens is 2. The quantitative estimate of drug-likeness (QED) is 0.510. The Morgan fingerprint density at radius 2 is 1.81 bits per heavy atom. The van der Waals surface area contributed by atoms with E-state index in [2.05, 4.69) is 5.32 Å². The van der Waals surface area contributed by atoms with Gasteiger partial charge in [0.2, 0.25) is 0 Å². The molecule has 0 fully saturated rings. The summed E-state index contributed by atoms with van der Waals surface area (Å²) in [5, 5.41) is 13.6. The van der Waals surface area contributed by atoms with Gasteiger partial charge in [-0.2, -0.15) is 0 Å². The van der Waals surface area contributed by atoms with Crippen LogP contribution in [-0.2, 0) is 0 Å². The normalized spacial score (nSPS) is 10.2. The topological polar surface area (TPSA) is 98.3 Å². The number of anilines is 2. The van der Waals surface area contributed by atoms with Crippen LogP contribution in [-0.4, -0.2) is 10.8 Å². The molecule has 2 aromatic rings. The van der Waals surface area contributed by atoms with E-state index in [1.807, 2.05) is 0 Å². The van der Waals surface area contributed by atoms with E-state index < -0.39 is 10.8 Å². The molecule has 2 aromatic carbocycles. The summed E-state index contributed by atoms with van der Waals surface area (Å²) in [6.45, 7) is 0. The lowest BCUT2D eigenvalue weighted by Crippen LogP contribution is -2.12. The first-order chi connectivity index (χ1) is 9.88. The number of carbonyl (C=O) groups is 1. The Balaban J connectivity index is 2.26. The zero-order chi connectivity index (χ0) is 15.6. The minimum absolute atomic E-state index is 0.147. The number of rotatable bonds is 3. The number of nitro benzene ring substituents is 1. The molecule has 8 heteroatoms. The summed E-state index contributed by atoms with van der Waals surface area (Å²) >= 11 is 11.7. The van der Waals surface area contributed by atoms with Gasteiger partial charge in [-0.05, 0) is 18.2 Å². The highest BCUT2D eigenvalue weighted by Crippen LogP contribution is 2.31. The number of hydrogen-bond acceptors (Lipinski definition) is 4. The number of nitro groups is 1. The number of benzene rings is 2. The second-order valence-corrected chi connectivity index (χ2v) is 4.93. The van der Waals surface area contributed by atoms with Crippen molar-refractivity contribution in [2.75, 3.05) is 11.1 Å². The van der Waals surface area contributed by atoms with Gasteiger partial charge in [-0.15, -0.1) is 0 Å². The fourth-order valence-corrected chi connectivity index (χ4v) is 2.11. The fourth-order valence-electron chi connectivity index (χ4n) is 1.62. The van der Waals surface area contributed by atoms with Crippen LogP contribution in [0.25, 0.3) is 0 Å². The summed E-state index contributed by atoms with van der Waals surface area (Å²) in [7, 11) is 0. The first-order valence-corrected chi connectivity index (χ1v) is 6.44. The molecule has 1 amide bonds. The van der Waals surface area contributed by atoms with Crippen molar-refractivity contribution >= 4 is 46.2 Å². The van der Waals surface area contributed by atoms with Crippen molar-refractivity contribution in [2.45, 2.75) is 0 Å². The monoisotopic (exact) mass is 325 g/mol. The molecule has 0 saturated heterocycles. The van der Waals surface area contributed by atoms with Gasteiger partial charge in [0.15, 0.2) is 0 Å². The van der Waals surface area contributed by atoms with Crippen LogP contribution in [0, 0.1) is 10.1 Å². The molecule has 0 bridgehead atoms. The predicted molar refractivity (Wildman–Crippen MR) is 81.9 cm³/mol. The third-order valence-corrected chi connectivity index (χ3v) is 3.28. The molecular formula is C13H9Cl2N3O3. The minimum atomic E-state index is -0.576. The average Bonchev–Trinajstić information content (AvgIpc) is 2.44. The number of nitrogens with zero attached hydrogens (tertiary/aromatic N) is 1. The molecule has 0 saturated carbocycles. The second kappa shape index (κ2) is 5.99. The zero-order valence-electron chi connectivity index (χ0n) is 10.5. The van der Waals surface area contributed by atoms with Crippen molar-refractivity contribution in [1.29, 1.82) is 0 Å². The van der Waals surface area contributed by atoms with E-state index in [1.54, 1.807) is 0 Å². The molecule has 0 aromatic heterocycles. The van der Waals surface area contributed by atoms with Crippen LogP contribution in [0.3, 0.4) is 0 Å². The van der Waals surface area contributed by atoms with Crippen molar-refractivity contribution < 1.29 is 9.72 Å². The van der Waals surface area contributed by atoms with E-state index in [0.29, 0.717) is 5.69 Å². The number of nitrogens with one attached hydrogen (secondary N) is 1. The molecule has 108 valence electrons. The largest absolute Gasteiger partial charge is 0.396 e. The Kier molecular flexibility index (Phi) is 4.30. The predicted octanol–water partition coefficient (Wildman–Crippen LogP) is 3.74. The van der Waals surface area contributed by atoms with Crippen molar-refractivity contribution in [3.8, 4) is 0 Å². The lowest BCUT2D eigenvalue weighted by Gasteiger charge is -2.08. The van der Waals surface area contributed by atoms with Gasteiger partial charge in [-0.25, -0.2) is 0 Å². The van der Waals surface area contributed by atoms with Gasteiger partial charge in [0.05, 0.1) is 20.7 Å². The number of nitrogen functional groups attached to an aromatic ring is 1. The van der Waals surface area contributed by atoms with Gasteiger partial charge < -0.3 is 11.1 Å². The van der Waals surface area contributed by atoms with E-state index in [9.17, 15) is 14.9 Å². The maximum atomic E-state index is 12.0. The highest BCUT2D eigenvalue weighted by molar-refractivity contribution is 6.39. The van der Waals surface area contributed by atoms with Crippen LogP contribution >= 0.6 is 23.2 Å². The summed E-state index contributed by atoms with van der Waals surface area (Å²) in [5.74, 6) is -0.518. The Labute approximate surface area is 129 Å². The van der Waals surface area contributed by atoms with Crippen molar-refractivity contribution in [2.24, 2.45) is 0 Å². The average molecular weight is 326 g/mol.